The van der Waals surface area contributed by atoms with Crippen LogP contribution < -0.4 is 9.64 Å². The Labute approximate surface area is 251 Å². The van der Waals surface area contributed by atoms with Crippen molar-refractivity contribution in [2.45, 2.75) is 51.0 Å². The number of likely N-dealkylation sites (N-methyl/N-ethyl adjacent to an activating group) is 1. The lowest BCUT2D eigenvalue weighted by Crippen LogP contribution is -2.57. The lowest BCUT2D eigenvalue weighted by atomic mass is 9.92. The molecule has 2 fully saturated rings. The normalized spacial score (nSPS) is 22.3. The van der Waals surface area contributed by atoms with E-state index in [-0.39, 0.29) is 19.2 Å². The number of anilines is 1. The molecule has 3 aliphatic heterocycles. The van der Waals surface area contributed by atoms with E-state index in [0.29, 0.717) is 50.6 Å². The largest absolute Gasteiger partial charge is 0.462 e. The zero-order valence-corrected chi connectivity index (χ0v) is 24.8. The Kier molecular flexibility index (Phi) is 8.28. The van der Waals surface area contributed by atoms with E-state index >= 15 is 0 Å². The van der Waals surface area contributed by atoms with Gasteiger partial charge in [0.25, 0.3) is 5.91 Å². The maximum Gasteiger partial charge on any atom is 0.318 e. The van der Waals surface area contributed by atoms with Gasteiger partial charge in [-0.25, -0.2) is 11.0 Å². The number of amides is 1. The molecule has 0 bridgehead atoms. The summed E-state index contributed by atoms with van der Waals surface area (Å²) >= 11 is 0. The van der Waals surface area contributed by atoms with Gasteiger partial charge < -0.3 is 29.0 Å². The highest BCUT2D eigenvalue weighted by Gasteiger charge is 2.37. The van der Waals surface area contributed by atoms with Crippen LogP contribution in [-0.2, 0) is 22.6 Å². The van der Waals surface area contributed by atoms with Crippen LogP contribution in [0.5, 0.6) is 6.01 Å². The first-order valence-electron chi connectivity index (χ1n) is 14.9. The molecule has 3 aliphatic rings. The molecule has 2 saturated heterocycles. The molecular formula is C33H37FN6O3. The Hall–Kier alpha value is -4.07. The van der Waals surface area contributed by atoms with Gasteiger partial charge in [0.05, 0.1) is 18.4 Å². The number of piperazine rings is 1. The molecule has 2 aromatic carbocycles. The minimum atomic E-state index is -1.02. The van der Waals surface area contributed by atoms with Gasteiger partial charge in [0.2, 0.25) is 6.54 Å². The molecule has 43 heavy (non-hydrogen) atoms. The van der Waals surface area contributed by atoms with Gasteiger partial charge in [-0.1, -0.05) is 43.0 Å². The van der Waals surface area contributed by atoms with Crippen LogP contribution in [0.25, 0.3) is 15.6 Å². The number of carbonyl (C=O) groups excluding carboxylic acids is 1. The smallest absolute Gasteiger partial charge is 0.318 e. The summed E-state index contributed by atoms with van der Waals surface area (Å²) in [6, 6.07) is 12.8. The molecule has 0 N–H and O–H groups in total. The number of benzene rings is 2. The zero-order valence-electron chi connectivity index (χ0n) is 24.8. The first kappa shape index (κ1) is 29.0. The predicted octanol–water partition coefficient (Wildman–Crippen LogP) is 4.64. The molecule has 1 unspecified atom stereocenters. The predicted molar refractivity (Wildman–Crippen MR) is 163 cm³/mol. The summed E-state index contributed by atoms with van der Waals surface area (Å²) in [6.45, 7) is 15.7. The fourth-order valence-corrected chi connectivity index (χ4v) is 6.68. The minimum absolute atomic E-state index is 0.0547. The van der Waals surface area contributed by atoms with Gasteiger partial charge in [0.15, 0.2) is 5.83 Å². The van der Waals surface area contributed by atoms with E-state index in [1.54, 1.807) is 0 Å². The third-order valence-corrected chi connectivity index (χ3v) is 9.00. The summed E-state index contributed by atoms with van der Waals surface area (Å²) in [7, 11) is 2.11. The van der Waals surface area contributed by atoms with Crippen molar-refractivity contribution in [1.82, 2.24) is 19.8 Å². The summed E-state index contributed by atoms with van der Waals surface area (Å²) in [5.41, 5.74) is 4.09. The molecule has 0 saturated carbocycles. The number of likely N-dealkylation sites (tertiary alicyclic amines) is 1. The van der Waals surface area contributed by atoms with E-state index in [4.69, 9.17) is 26.0 Å². The molecule has 10 heteroatoms. The number of halogens is 1. The number of carbonyl (C=O) groups is 1. The Morgan fingerprint density at radius 2 is 2.00 bits per heavy atom. The Balaban J connectivity index is 1.34. The monoisotopic (exact) mass is 584 g/mol. The second-order valence-corrected chi connectivity index (χ2v) is 11.7. The maximum absolute atomic E-state index is 13.8. The topological polar surface area (TPSA) is 75.4 Å². The van der Waals surface area contributed by atoms with Crippen molar-refractivity contribution in [1.29, 1.82) is 0 Å². The highest BCUT2D eigenvalue weighted by atomic mass is 19.1. The number of aryl methyl sites for hydroxylation is 1. The van der Waals surface area contributed by atoms with Crippen LogP contribution in [0.1, 0.15) is 41.3 Å². The third-order valence-electron chi connectivity index (χ3n) is 9.00. The molecule has 3 atom stereocenters. The van der Waals surface area contributed by atoms with Crippen molar-refractivity contribution in [3.05, 3.63) is 82.6 Å². The number of nitrogens with zero attached hydrogens (tertiary/aromatic N) is 6. The Morgan fingerprint density at radius 1 is 1.19 bits per heavy atom. The van der Waals surface area contributed by atoms with Gasteiger partial charge in [0.1, 0.15) is 18.5 Å². The van der Waals surface area contributed by atoms with E-state index in [2.05, 4.69) is 71.6 Å². The maximum atomic E-state index is 13.8. The molecule has 6 rings (SSSR count). The number of ether oxygens (including phenoxy) is 2. The van der Waals surface area contributed by atoms with Crippen LogP contribution >= 0.6 is 0 Å². The van der Waals surface area contributed by atoms with Crippen LogP contribution in [-0.4, -0.2) is 84.1 Å². The molecule has 0 spiro atoms. The van der Waals surface area contributed by atoms with Crippen LogP contribution in [0.2, 0.25) is 0 Å². The van der Waals surface area contributed by atoms with Gasteiger partial charge >= 0.3 is 6.01 Å². The second-order valence-electron chi connectivity index (χ2n) is 11.7. The summed E-state index contributed by atoms with van der Waals surface area (Å²) in [4.78, 5) is 31.6. The molecule has 4 heterocycles. The van der Waals surface area contributed by atoms with Crippen molar-refractivity contribution in [2.75, 3.05) is 51.3 Å². The van der Waals surface area contributed by atoms with E-state index in [0.717, 1.165) is 36.2 Å². The molecule has 1 aromatic heterocycles. The molecular weight excluding hydrogens is 547 g/mol. The first-order valence-corrected chi connectivity index (χ1v) is 14.9. The number of aromatic nitrogens is 2. The number of hydrogen-bond donors (Lipinski definition) is 0. The first-order chi connectivity index (χ1) is 20.8. The van der Waals surface area contributed by atoms with E-state index in [1.807, 2.05) is 0 Å². The highest BCUT2D eigenvalue weighted by molar-refractivity contribution is 5.91. The molecule has 9 nitrogen and oxygen atoms in total. The van der Waals surface area contributed by atoms with Crippen LogP contribution in [0, 0.1) is 13.5 Å². The van der Waals surface area contributed by atoms with Crippen LogP contribution in [0.15, 0.2) is 48.8 Å². The number of rotatable bonds is 7. The third kappa shape index (κ3) is 5.79. The summed E-state index contributed by atoms with van der Waals surface area (Å²) in [6.07, 6.45) is 2.58. The summed E-state index contributed by atoms with van der Waals surface area (Å²) < 4.78 is 26.6. The zero-order chi connectivity index (χ0) is 30.1. The fraction of sp³-hybridized carbons (Fsp3) is 0.455. The molecule has 224 valence electrons. The average Bonchev–Trinajstić information content (AvgIpc) is 3.43. The van der Waals surface area contributed by atoms with Crippen molar-refractivity contribution in [2.24, 2.45) is 0 Å². The van der Waals surface area contributed by atoms with E-state index in [9.17, 15) is 9.18 Å². The van der Waals surface area contributed by atoms with E-state index < -0.39 is 17.8 Å². The van der Waals surface area contributed by atoms with Crippen LogP contribution in [0.4, 0.5) is 10.2 Å². The van der Waals surface area contributed by atoms with Crippen molar-refractivity contribution >= 4 is 22.5 Å². The summed E-state index contributed by atoms with van der Waals surface area (Å²) in [5, 5.41) is 2.37. The molecule has 0 aliphatic carbocycles. The Morgan fingerprint density at radius 3 is 2.74 bits per heavy atom. The highest BCUT2D eigenvalue weighted by Crippen LogP contribution is 2.38. The molecule has 3 aromatic rings. The second kappa shape index (κ2) is 12.3. The van der Waals surface area contributed by atoms with Gasteiger partial charge in [-0.2, -0.15) is 9.97 Å². The van der Waals surface area contributed by atoms with Gasteiger partial charge in [-0.15, -0.1) is 0 Å². The SMILES string of the molecule is [C-]#[N+]C[C@H]1CN(c2nc(OC[C@@H]3CCCN3C)nc3c2COC(c2cccc4cccc(C)c24)C3)CCN1C(=O)C(=C)F. The standard InChI is InChI=1S/C33H37FN6O3/c1-21-8-5-9-23-10-6-12-26(30(21)23)29-16-28-27(20-42-29)31(37-33(36-28)43-19-24-11-7-13-38(24)4)39-14-15-40(32(41)22(2)34)25(18-39)17-35-3/h5-6,8-10,12,24-25,29H,2,7,11,13-20H2,1,4H3/t24-,25-,29?/m0/s1. The number of fused-ring (bicyclic) bond motifs is 2. The lowest BCUT2D eigenvalue weighted by Gasteiger charge is -2.40. The van der Waals surface area contributed by atoms with Crippen molar-refractivity contribution in [3.63, 3.8) is 0 Å². The van der Waals surface area contributed by atoms with Gasteiger partial charge in [-0.05, 0) is 55.3 Å². The minimum Gasteiger partial charge on any atom is -0.462 e. The lowest BCUT2D eigenvalue weighted by molar-refractivity contribution is -0.131. The van der Waals surface area contributed by atoms with Gasteiger partial charge in [0, 0.05) is 37.7 Å². The Bertz CT molecular complexity index is 1580. The van der Waals surface area contributed by atoms with E-state index in [1.165, 1.54) is 21.2 Å². The van der Waals surface area contributed by atoms with Crippen molar-refractivity contribution < 1.29 is 18.7 Å². The summed E-state index contributed by atoms with van der Waals surface area (Å²) in [5.74, 6) is -1.09. The molecule has 0 radical (unpaired) electrons. The molecule has 1 amide bonds. The van der Waals surface area contributed by atoms with Gasteiger partial charge in [-0.3, -0.25) is 4.79 Å². The number of hydrogen-bond acceptors (Lipinski definition) is 7. The van der Waals surface area contributed by atoms with Crippen LogP contribution in [0.3, 0.4) is 0 Å². The fourth-order valence-electron chi connectivity index (χ4n) is 6.68. The average molecular weight is 585 g/mol. The van der Waals surface area contributed by atoms with Crippen molar-refractivity contribution in [3.8, 4) is 6.01 Å². The quantitative estimate of drug-likeness (QED) is 0.296.